The van der Waals surface area contributed by atoms with Gasteiger partial charge in [-0.3, -0.25) is 4.90 Å². The van der Waals surface area contributed by atoms with Gasteiger partial charge in [0.05, 0.1) is 17.8 Å². The van der Waals surface area contributed by atoms with Gasteiger partial charge in [-0.2, -0.15) is 0 Å². The lowest BCUT2D eigenvalue weighted by molar-refractivity contribution is 0.251. The second-order valence-corrected chi connectivity index (χ2v) is 6.54. The molecule has 1 aliphatic rings. The van der Waals surface area contributed by atoms with Gasteiger partial charge in [0.2, 0.25) is 0 Å². The van der Waals surface area contributed by atoms with E-state index in [-0.39, 0.29) is 17.9 Å². The van der Waals surface area contributed by atoms with E-state index in [1.54, 1.807) is 4.90 Å². The van der Waals surface area contributed by atoms with Gasteiger partial charge in [0.15, 0.2) is 11.6 Å². The lowest BCUT2D eigenvalue weighted by Crippen LogP contribution is -2.58. The highest BCUT2D eigenvalue weighted by atomic mass is 19.2. The Morgan fingerprint density at radius 3 is 2.46 bits per heavy atom. The van der Waals surface area contributed by atoms with E-state index in [4.69, 9.17) is 5.73 Å². The maximum atomic E-state index is 14.6. The molecule has 126 valence electrons. The van der Waals surface area contributed by atoms with Crippen molar-refractivity contribution in [2.24, 2.45) is 5.73 Å². The van der Waals surface area contributed by atoms with Gasteiger partial charge in [-0.25, -0.2) is 13.6 Å². The zero-order chi connectivity index (χ0) is 17.5. The van der Waals surface area contributed by atoms with Crippen LogP contribution in [0.15, 0.2) is 42.5 Å². The summed E-state index contributed by atoms with van der Waals surface area (Å²) in [5.41, 5.74) is 6.14. The van der Waals surface area contributed by atoms with Gasteiger partial charge in [0.25, 0.3) is 0 Å². The second-order valence-electron chi connectivity index (χ2n) is 6.54. The molecule has 0 atom stereocenters. The largest absolute Gasteiger partial charge is 0.356 e. The molecule has 0 radical (unpaired) electrons. The number of halogens is 2. The molecule has 1 aliphatic heterocycles. The molecule has 4 nitrogen and oxygen atoms in total. The van der Waals surface area contributed by atoms with E-state index in [1.165, 1.54) is 11.0 Å². The van der Waals surface area contributed by atoms with Crippen LogP contribution in [0.2, 0.25) is 0 Å². The molecule has 3 rings (SSSR count). The first-order valence-electron chi connectivity index (χ1n) is 7.68. The molecule has 0 saturated heterocycles. The van der Waals surface area contributed by atoms with Crippen molar-refractivity contribution in [3.8, 4) is 0 Å². The SMILES string of the molecule is CC1(C)CN(C(N)=O)c2ccc(F)c(F)c2N1Cc1ccccc1. The Balaban J connectivity index is 2.16. The van der Waals surface area contributed by atoms with Crippen molar-refractivity contribution in [3.63, 3.8) is 0 Å². The van der Waals surface area contributed by atoms with Gasteiger partial charge in [-0.1, -0.05) is 30.3 Å². The number of rotatable bonds is 2. The van der Waals surface area contributed by atoms with Crippen LogP contribution in [0.1, 0.15) is 19.4 Å². The predicted octanol–water partition coefficient (Wildman–Crippen LogP) is 3.65. The van der Waals surface area contributed by atoms with E-state index in [9.17, 15) is 13.6 Å². The van der Waals surface area contributed by atoms with Crippen LogP contribution in [0.25, 0.3) is 0 Å². The molecule has 24 heavy (non-hydrogen) atoms. The molecule has 2 aromatic rings. The number of fused-ring (bicyclic) bond motifs is 1. The Kier molecular flexibility index (Phi) is 3.91. The molecular weight excluding hydrogens is 312 g/mol. The number of hydrogen-bond acceptors (Lipinski definition) is 2. The normalized spacial score (nSPS) is 16.0. The number of nitrogens with zero attached hydrogens (tertiary/aromatic N) is 2. The summed E-state index contributed by atoms with van der Waals surface area (Å²) in [6.45, 7) is 4.43. The lowest BCUT2D eigenvalue weighted by atomic mass is 9.94. The lowest BCUT2D eigenvalue weighted by Gasteiger charge is -2.48. The molecule has 0 saturated carbocycles. The van der Waals surface area contributed by atoms with Crippen LogP contribution < -0.4 is 15.5 Å². The van der Waals surface area contributed by atoms with Crippen molar-refractivity contribution in [3.05, 3.63) is 59.7 Å². The summed E-state index contributed by atoms with van der Waals surface area (Å²) >= 11 is 0. The van der Waals surface area contributed by atoms with Crippen LogP contribution in [0.3, 0.4) is 0 Å². The number of nitrogens with two attached hydrogens (primary N) is 1. The third-order valence-electron chi connectivity index (χ3n) is 4.33. The van der Waals surface area contributed by atoms with Crippen molar-refractivity contribution >= 4 is 17.4 Å². The summed E-state index contributed by atoms with van der Waals surface area (Å²) in [5.74, 6) is -1.92. The third kappa shape index (κ3) is 2.68. The van der Waals surface area contributed by atoms with E-state index >= 15 is 0 Å². The summed E-state index contributed by atoms with van der Waals surface area (Å²) in [6.07, 6.45) is 0. The number of benzene rings is 2. The van der Waals surface area contributed by atoms with Crippen LogP contribution in [-0.4, -0.2) is 18.1 Å². The number of hydrogen-bond donors (Lipinski definition) is 1. The Labute approximate surface area is 139 Å². The summed E-state index contributed by atoms with van der Waals surface area (Å²) in [5, 5.41) is 0. The molecule has 0 bridgehead atoms. The minimum atomic E-state index is -0.970. The van der Waals surface area contributed by atoms with Crippen LogP contribution in [0.4, 0.5) is 25.0 Å². The Bertz CT molecular complexity index is 777. The van der Waals surface area contributed by atoms with E-state index in [2.05, 4.69) is 0 Å². The van der Waals surface area contributed by atoms with Gasteiger partial charge in [0, 0.05) is 6.54 Å². The van der Waals surface area contributed by atoms with E-state index < -0.39 is 23.2 Å². The minimum Gasteiger partial charge on any atom is -0.356 e. The van der Waals surface area contributed by atoms with Gasteiger partial charge < -0.3 is 10.6 Å². The number of anilines is 2. The van der Waals surface area contributed by atoms with Crippen LogP contribution in [0.5, 0.6) is 0 Å². The average Bonchev–Trinajstić information content (AvgIpc) is 2.53. The predicted molar refractivity (Wildman–Crippen MR) is 90.0 cm³/mol. The molecule has 0 fully saturated rings. The highest BCUT2D eigenvalue weighted by Gasteiger charge is 2.40. The van der Waals surface area contributed by atoms with Gasteiger partial charge in [-0.15, -0.1) is 0 Å². The van der Waals surface area contributed by atoms with Gasteiger partial charge in [0.1, 0.15) is 5.69 Å². The van der Waals surface area contributed by atoms with Crippen molar-refractivity contribution < 1.29 is 13.6 Å². The van der Waals surface area contributed by atoms with Crippen molar-refractivity contribution in [2.75, 3.05) is 16.3 Å². The molecule has 2 aromatic carbocycles. The summed E-state index contributed by atoms with van der Waals surface area (Å²) in [7, 11) is 0. The topological polar surface area (TPSA) is 49.6 Å². The zero-order valence-corrected chi connectivity index (χ0v) is 13.6. The quantitative estimate of drug-likeness (QED) is 0.913. The fourth-order valence-electron chi connectivity index (χ4n) is 3.12. The number of carbonyl (C=O) groups is 1. The van der Waals surface area contributed by atoms with Crippen LogP contribution in [0, 0.1) is 11.6 Å². The number of amides is 2. The van der Waals surface area contributed by atoms with Crippen molar-refractivity contribution in [1.82, 2.24) is 0 Å². The maximum absolute atomic E-state index is 14.6. The van der Waals surface area contributed by atoms with Crippen molar-refractivity contribution in [1.29, 1.82) is 0 Å². The molecular formula is C18H19F2N3O. The molecule has 0 spiro atoms. The average molecular weight is 331 g/mol. The van der Waals surface area contributed by atoms with Gasteiger partial charge >= 0.3 is 6.03 Å². The number of carbonyl (C=O) groups excluding carboxylic acids is 1. The third-order valence-corrected chi connectivity index (χ3v) is 4.33. The van der Waals surface area contributed by atoms with Crippen LogP contribution >= 0.6 is 0 Å². The molecule has 1 heterocycles. The monoisotopic (exact) mass is 331 g/mol. The summed E-state index contributed by atoms with van der Waals surface area (Å²) in [6, 6.07) is 11.3. The Morgan fingerprint density at radius 2 is 1.83 bits per heavy atom. The highest BCUT2D eigenvalue weighted by molar-refractivity contribution is 5.96. The second kappa shape index (κ2) is 5.78. The highest BCUT2D eigenvalue weighted by Crippen LogP contribution is 2.43. The number of urea groups is 1. The zero-order valence-electron chi connectivity index (χ0n) is 13.6. The fraction of sp³-hybridized carbons (Fsp3) is 0.278. The first-order chi connectivity index (χ1) is 11.3. The first-order valence-corrected chi connectivity index (χ1v) is 7.68. The molecule has 0 unspecified atom stereocenters. The first kappa shape index (κ1) is 16.2. The van der Waals surface area contributed by atoms with E-state index in [0.717, 1.165) is 11.6 Å². The molecule has 0 aromatic heterocycles. The fourth-order valence-corrected chi connectivity index (χ4v) is 3.12. The molecule has 2 N–H and O–H groups in total. The van der Waals surface area contributed by atoms with Crippen LogP contribution in [-0.2, 0) is 6.54 Å². The Morgan fingerprint density at radius 1 is 1.17 bits per heavy atom. The molecule has 2 amide bonds. The van der Waals surface area contributed by atoms with Gasteiger partial charge in [-0.05, 0) is 31.5 Å². The number of primary amides is 1. The molecule has 0 aliphatic carbocycles. The maximum Gasteiger partial charge on any atom is 0.319 e. The summed E-state index contributed by atoms with van der Waals surface area (Å²) < 4.78 is 28.5. The minimum absolute atomic E-state index is 0.0638. The molecule has 6 heteroatoms. The summed E-state index contributed by atoms with van der Waals surface area (Å²) in [4.78, 5) is 14.9. The van der Waals surface area contributed by atoms with Crippen molar-refractivity contribution in [2.45, 2.75) is 25.9 Å². The standard InChI is InChI=1S/C18H19F2N3O/c1-18(2)11-22(17(21)24)14-9-8-13(19)15(20)16(14)23(18)10-12-6-4-3-5-7-12/h3-9H,10-11H2,1-2H3,(H2,21,24). The van der Waals surface area contributed by atoms with E-state index in [0.29, 0.717) is 6.54 Å². The smallest absolute Gasteiger partial charge is 0.319 e. The Hall–Kier alpha value is -2.63. The van der Waals surface area contributed by atoms with E-state index in [1.807, 2.05) is 44.2 Å².